The molecular formula is C13H13FN2O. The number of imidazole rings is 1. The van der Waals surface area contributed by atoms with Gasteiger partial charge in [-0.3, -0.25) is 0 Å². The summed E-state index contributed by atoms with van der Waals surface area (Å²) in [6.45, 7) is 3.37. The van der Waals surface area contributed by atoms with E-state index in [1.807, 2.05) is 6.20 Å². The van der Waals surface area contributed by atoms with E-state index in [1.54, 1.807) is 6.07 Å². The topological polar surface area (TPSA) is 27.1 Å². The van der Waals surface area contributed by atoms with E-state index in [0.717, 1.165) is 30.0 Å². The fraction of sp³-hybridized carbons (Fsp3) is 0.308. The summed E-state index contributed by atoms with van der Waals surface area (Å²) < 4.78 is 20.8. The molecule has 0 unspecified atom stereocenters. The highest BCUT2D eigenvalue weighted by atomic mass is 19.1. The lowest BCUT2D eigenvalue weighted by Gasteiger charge is -2.05. The lowest BCUT2D eigenvalue weighted by molar-refractivity contribution is 0.305. The summed E-state index contributed by atoms with van der Waals surface area (Å²) in [5.74, 6) is 1.17. The predicted octanol–water partition coefficient (Wildman–Crippen LogP) is 2.64. The SMILES string of the molecule is CCc1cn2c(n1)-c1ccc(F)cc1OCC2. The van der Waals surface area contributed by atoms with E-state index in [0.29, 0.717) is 12.4 Å². The summed E-state index contributed by atoms with van der Waals surface area (Å²) >= 11 is 0. The van der Waals surface area contributed by atoms with Crippen molar-refractivity contribution >= 4 is 0 Å². The van der Waals surface area contributed by atoms with Crippen LogP contribution in [0.25, 0.3) is 11.4 Å². The lowest BCUT2D eigenvalue weighted by Crippen LogP contribution is -2.04. The zero-order valence-corrected chi connectivity index (χ0v) is 9.61. The molecule has 3 rings (SSSR count). The van der Waals surface area contributed by atoms with Crippen LogP contribution in [0, 0.1) is 5.82 Å². The predicted molar refractivity (Wildman–Crippen MR) is 62.5 cm³/mol. The minimum atomic E-state index is -0.278. The molecule has 17 heavy (non-hydrogen) atoms. The van der Waals surface area contributed by atoms with Gasteiger partial charge in [-0.05, 0) is 18.6 Å². The maximum Gasteiger partial charge on any atom is 0.144 e. The lowest BCUT2D eigenvalue weighted by atomic mass is 10.2. The molecule has 1 aromatic carbocycles. The molecule has 1 aromatic heterocycles. The fourth-order valence-corrected chi connectivity index (χ4v) is 2.08. The number of halogens is 1. The second-order valence-corrected chi connectivity index (χ2v) is 4.09. The molecule has 0 saturated carbocycles. The maximum absolute atomic E-state index is 13.2. The summed E-state index contributed by atoms with van der Waals surface area (Å²) in [7, 11) is 0. The van der Waals surface area contributed by atoms with Crippen LogP contribution in [-0.2, 0) is 13.0 Å². The van der Waals surface area contributed by atoms with Gasteiger partial charge in [-0.1, -0.05) is 6.92 Å². The Hall–Kier alpha value is -1.84. The van der Waals surface area contributed by atoms with Gasteiger partial charge in [-0.2, -0.15) is 0 Å². The van der Waals surface area contributed by atoms with Gasteiger partial charge in [0.2, 0.25) is 0 Å². The first-order valence-corrected chi connectivity index (χ1v) is 5.76. The molecule has 2 heterocycles. The Morgan fingerprint density at radius 1 is 1.47 bits per heavy atom. The molecule has 4 heteroatoms. The molecule has 0 bridgehead atoms. The van der Waals surface area contributed by atoms with Crippen LogP contribution >= 0.6 is 0 Å². The summed E-state index contributed by atoms with van der Waals surface area (Å²) in [4.78, 5) is 4.56. The molecule has 0 fully saturated rings. The van der Waals surface area contributed by atoms with Gasteiger partial charge in [0.1, 0.15) is 24.0 Å². The third kappa shape index (κ3) is 1.69. The van der Waals surface area contributed by atoms with Crippen LogP contribution in [0.1, 0.15) is 12.6 Å². The van der Waals surface area contributed by atoms with Gasteiger partial charge in [0.05, 0.1) is 17.8 Å². The monoisotopic (exact) mass is 232 g/mol. The number of ether oxygens (including phenoxy) is 1. The highest BCUT2D eigenvalue weighted by molar-refractivity contribution is 5.65. The second-order valence-electron chi connectivity index (χ2n) is 4.09. The van der Waals surface area contributed by atoms with Crippen LogP contribution in [0.2, 0.25) is 0 Å². The quantitative estimate of drug-likeness (QED) is 0.755. The Morgan fingerprint density at radius 3 is 3.18 bits per heavy atom. The summed E-state index contributed by atoms with van der Waals surface area (Å²) in [6.07, 6.45) is 2.94. The number of fused-ring (bicyclic) bond motifs is 3. The number of hydrogen-bond donors (Lipinski definition) is 0. The maximum atomic E-state index is 13.2. The Kier molecular flexibility index (Phi) is 2.35. The molecule has 0 aliphatic carbocycles. The van der Waals surface area contributed by atoms with E-state index in [9.17, 15) is 4.39 Å². The Morgan fingerprint density at radius 2 is 2.35 bits per heavy atom. The molecule has 1 aliphatic rings. The minimum absolute atomic E-state index is 0.278. The molecule has 3 nitrogen and oxygen atoms in total. The van der Waals surface area contributed by atoms with Crippen LogP contribution in [0.15, 0.2) is 24.4 Å². The molecule has 88 valence electrons. The Labute approximate surface area is 98.9 Å². The van der Waals surface area contributed by atoms with Crippen molar-refractivity contribution in [1.82, 2.24) is 9.55 Å². The third-order valence-electron chi connectivity index (χ3n) is 2.96. The van der Waals surface area contributed by atoms with Gasteiger partial charge in [-0.15, -0.1) is 0 Å². The van der Waals surface area contributed by atoms with E-state index in [2.05, 4.69) is 16.5 Å². The average Bonchev–Trinajstić information content (AvgIpc) is 2.66. The van der Waals surface area contributed by atoms with Crippen molar-refractivity contribution in [3.8, 4) is 17.1 Å². The van der Waals surface area contributed by atoms with Crippen molar-refractivity contribution in [2.45, 2.75) is 19.9 Å². The molecule has 0 spiro atoms. The number of aromatic nitrogens is 2. The van der Waals surface area contributed by atoms with Crippen molar-refractivity contribution in [2.75, 3.05) is 6.61 Å². The summed E-state index contributed by atoms with van der Waals surface area (Å²) in [5.41, 5.74) is 1.92. The van der Waals surface area contributed by atoms with Gasteiger partial charge >= 0.3 is 0 Å². The molecule has 0 saturated heterocycles. The van der Waals surface area contributed by atoms with Crippen LogP contribution in [0.4, 0.5) is 4.39 Å². The van der Waals surface area contributed by atoms with Gasteiger partial charge < -0.3 is 9.30 Å². The molecule has 1 aliphatic heterocycles. The highest BCUT2D eigenvalue weighted by Gasteiger charge is 2.18. The Balaban J connectivity index is 2.19. The first-order valence-electron chi connectivity index (χ1n) is 5.76. The van der Waals surface area contributed by atoms with Crippen molar-refractivity contribution in [2.24, 2.45) is 0 Å². The molecule has 0 N–H and O–H groups in total. The number of hydrogen-bond acceptors (Lipinski definition) is 2. The fourth-order valence-electron chi connectivity index (χ4n) is 2.08. The summed E-state index contributed by atoms with van der Waals surface area (Å²) in [5, 5.41) is 0. The largest absolute Gasteiger partial charge is 0.491 e. The first kappa shape index (κ1) is 10.3. The summed E-state index contributed by atoms with van der Waals surface area (Å²) in [6, 6.07) is 4.59. The van der Waals surface area contributed by atoms with Gasteiger partial charge in [0.25, 0.3) is 0 Å². The van der Waals surface area contributed by atoms with Crippen LogP contribution in [-0.4, -0.2) is 16.2 Å². The van der Waals surface area contributed by atoms with Gasteiger partial charge in [0, 0.05) is 12.3 Å². The van der Waals surface area contributed by atoms with Gasteiger partial charge in [0.15, 0.2) is 0 Å². The average molecular weight is 232 g/mol. The van der Waals surface area contributed by atoms with Crippen molar-refractivity contribution < 1.29 is 9.13 Å². The van der Waals surface area contributed by atoms with Crippen LogP contribution < -0.4 is 4.74 Å². The third-order valence-corrected chi connectivity index (χ3v) is 2.96. The normalized spacial score (nSPS) is 13.5. The molecule has 0 atom stereocenters. The van der Waals surface area contributed by atoms with Crippen molar-refractivity contribution in [3.63, 3.8) is 0 Å². The molecular weight excluding hydrogens is 219 g/mol. The van der Waals surface area contributed by atoms with Crippen LogP contribution in [0.3, 0.4) is 0 Å². The smallest absolute Gasteiger partial charge is 0.144 e. The molecule has 0 radical (unpaired) electrons. The molecule has 2 aromatic rings. The van der Waals surface area contributed by atoms with E-state index in [4.69, 9.17) is 4.74 Å². The minimum Gasteiger partial charge on any atom is -0.491 e. The molecule has 0 amide bonds. The van der Waals surface area contributed by atoms with Crippen molar-refractivity contribution in [1.29, 1.82) is 0 Å². The number of rotatable bonds is 1. The second kappa shape index (κ2) is 3.87. The van der Waals surface area contributed by atoms with Gasteiger partial charge in [-0.25, -0.2) is 9.37 Å². The van der Waals surface area contributed by atoms with Crippen molar-refractivity contribution in [3.05, 3.63) is 35.9 Å². The Bertz CT molecular complexity index is 563. The number of aryl methyl sites for hydroxylation is 1. The highest BCUT2D eigenvalue weighted by Crippen LogP contribution is 2.32. The van der Waals surface area contributed by atoms with E-state index in [1.165, 1.54) is 12.1 Å². The zero-order valence-electron chi connectivity index (χ0n) is 9.61. The van der Waals surface area contributed by atoms with E-state index in [-0.39, 0.29) is 5.82 Å². The van der Waals surface area contributed by atoms with E-state index >= 15 is 0 Å². The first-order chi connectivity index (χ1) is 8.28. The standard InChI is InChI=1S/C13H13FN2O/c1-2-10-8-16-5-6-17-12-7-9(14)3-4-11(12)13(16)15-10/h3-4,7-8H,2,5-6H2,1H3. The number of nitrogens with zero attached hydrogens (tertiary/aromatic N) is 2. The zero-order chi connectivity index (χ0) is 11.8. The number of benzene rings is 1. The van der Waals surface area contributed by atoms with Crippen LogP contribution in [0.5, 0.6) is 5.75 Å². The van der Waals surface area contributed by atoms with E-state index < -0.39 is 0 Å².